The molecule has 0 fully saturated rings. The highest BCUT2D eigenvalue weighted by atomic mass is 16.5. The number of amidine groups is 1. The van der Waals surface area contributed by atoms with E-state index in [9.17, 15) is 9.59 Å². The van der Waals surface area contributed by atoms with Crippen LogP contribution in [-0.2, 0) is 20.7 Å². The van der Waals surface area contributed by atoms with Gasteiger partial charge in [0.15, 0.2) is 0 Å². The second-order valence-electron chi connectivity index (χ2n) is 7.15. The summed E-state index contributed by atoms with van der Waals surface area (Å²) in [7, 11) is 1.79. The number of rotatable bonds is 9. The molecular weight excluding hydrogens is 382 g/mol. The molecule has 1 aromatic heterocycles. The number of aryl methyl sites for hydroxylation is 1. The third kappa shape index (κ3) is 5.31. The van der Waals surface area contributed by atoms with Crippen LogP contribution >= 0.6 is 0 Å². The highest BCUT2D eigenvalue weighted by molar-refractivity contribution is 5.97. The van der Waals surface area contributed by atoms with Gasteiger partial charge in [0.25, 0.3) is 0 Å². The Kier molecular flexibility index (Phi) is 6.95. The monoisotopic (exact) mass is 407 g/mol. The Labute approximate surface area is 174 Å². The Morgan fingerprint density at radius 1 is 1.03 bits per heavy atom. The zero-order valence-electron chi connectivity index (χ0n) is 16.9. The van der Waals surface area contributed by atoms with Crippen molar-refractivity contribution < 1.29 is 19.4 Å². The number of carboxylic acid groups (broad SMARTS) is 1. The van der Waals surface area contributed by atoms with Crippen molar-refractivity contribution in [3.8, 4) is 0 Å². The molecule has 0 aliphatic heterocycles. The number of fused-ring (bicyclic) bond motifs is 2. The number of aromatic nitrogens is 1. The van der Waals surface area contributed by atoms with Crippen molar-refractivity contribution in [3.63, 3.8) is 0 Å². The number of nitrogens with zero attached hydrogens (tertiary/aromatic N) is 2. The number of likely N-dealkylation sites (N-methyl/N-ethyl adjacent to an activating group) is 1. The van der Waals surface area contributed by atoms with Crippen LogP contribution in [0.4, 0.5) is 0 Å². The molecule has 0 spiro atoms. The second-order valence-corrected chi connectivity index (χ2v) is 7.15. The van der Waals surface area contributed by atoms with Gasteiger partial charge in [-0.3, -0.25) is 15.0 Å². The smallest absolute Gasteiger partial charge is 0.306 e. The third-order valence-electron chi connectivity index (χ3n) is 4.99. The molecule has 2 aromatic carbocycles. The highest BCUT2D eigenvalue weighted by Crippen LogP contribution is 2.27. The zero-order chi connectivity index (χ0) is 21.5. The normalized spacial score (nSPS) is 10.8. The van der Waals surface area contributed by atoms with E-state index in [4.69, 9.17) is 20.2 Å². The molecule has 30 heavy (non-hydrogen) atoms. The highest BCUT2D eigenvalue weighted by Gasteiger charge is 2.12. The maximum atomic E-state index is 11.5. The molecular formula is C23H25N3O4. The summed E-state index contributed by atoms with van der Waals surface area (Å²) in [6, 6.07) is 16.2. The maximum Gasteiger partial charge on any atom is 0.306 e. The van der Waals surface area contributed by atoms with E-state index < -0.39 is 11.9 Å². The van der Waals surface area contributed by atoms with Crippen LogP contribution < -0.4 is 0 Å². The van der Waals surface area contributed by atoms with Crippen LogP contribution in [0.25, 0.3) is 21.8 Å². The van der Waals surface area contributed by atoms with Crippen molar-refractivity contribution in [1.82, 2.24) is 9.88 Å². The van der Waals surface area contributed by atoms with E-state index >= 15 is 0 Å². The minimum Gasteiger partial charge on any atom is -0.481 e. The molecule has 156 valence electrons. The van der Waals surface area contributed by atoms with E-state index in [0.717, 1.165) is 34.6 Å². The lowest BCUT2D eigenvalue weighted by Gasteiger charge is -2.20. The fourth-order valence-corrected chi connectivity index (χ4v) is 3.37. The molecule has 0 unspecified atom stereocenters. The Hall–Kier alpha value is -3.48. The summed E-state index contributed by atoms with van der Waals surface area (Å²) in [6.07, 6.45) is 1.20. The SMILES string of the molecule is CN(CCCc1c2ccccc2nc2ccccc12)C(=N)COC(=O)CCC(=O)O. The average molecular weight is 407 g/mol. The summed E-state index contributed by atoms with van der Waals surface area (Å²) in [5.41, 5.74) is 3.19. The lowest BCUT2D eigenvalue weighted by atomic mass is 9.98. The van der Waals surface area contributed by atoms with Crippen molar-refractivity contribution in [2.75, 3.05) is 20.2 Å². The van der Waals surface area contributed by atoms with Crippen molar-refractivity contribution >= 4 is 39.6 Å². The van der Waals surface area contributed by atoms with Gasteiger partial charge in [-0.2, -0.15) is 0 Å². The molecule has 7 nitrogen and oxygen atoms in total. The molecule has 1 heterocycles. The van der Waals surface area contributed by atoms with E-state index in [-0.39, 0.29) is 25.3 Å². The summed E-state index contributed by atoms with van der Waals surface area (Å²) in [4.78, 5) is 28.5. The van der Waals surface area contributed by atoms with Gasteiger partial charge in [0, 0.05) is 24.4 Å². The van der Waals surface area contributed by atoms with Gasteiger partial charge in [0.1, 0.15) is 12.4 Å². The van der Waals surface area contributed by atoms with Crippen LogP contribution in [0.1, 0.15) is 24.8 Å². The van der Waals surface area contributed by atoms with E-state index in [1.54, 1.807) is 11.9 Å². The molecule has 0 radical (unpaired) electrons. The summed E-state index contributed by atoms with van der Waals surface area (Å²) >= 11 is 0. The molecule has 7 heteroatoms. The predicted octanol–water partition coefficient (Wildman–Crippen LogP) is 3.64. The Morgan fingerprint density at radius 2 is 1.63 bits per heavy atom. The number of carboxylic acids is 1. The number of aliphatic carboxylic acids is 1. The molecule has 0 bridgehead atoms. The largest absolute Gasteiger partial charge is 0.481 e. The number of esters is 1. The fraction of sp³-hybridized carbons (Fsp3) is 0.304. The predicted molar refractivity (Wildman–Crippen MR) is 116 cm³/mol. The first-order chi connectivity index (χ1) is 14.5. The van der Waals surface area contributed by atoms with Crippen LogP contribution in [0.5, 0.6) is 0 Å². The number of para-hydroxylation sites is 2. The van der Waals surface area contributed by atoms with Gasteiger partial charge in [-0.1, -0.05) is 36.4 Å². The van der Waals surface area contributed by atoms with E-state index in [0.29, 0.717) is 6.54 Å². The molecule has 3 rings (SSSR count). The number of hydrogen-bond donors (Lipinski definition) is 2. The number of carbonyl (C=O) groups excluding carboxylic acids is 1. The first-order valence-electron chi connectivity index (χ1n) is 9.88. The van der Waals surface area contributed by atoms with Crippen LogP contribution in [0.2, 0.25) is 0 Å². The number of hydrogen-bond acceptors (Lipinski definition) is 5. The third-order valence-corrected chi connectivity index (χ3v) is 4.99. The lowest BCUT2D eigenvalue weighted by molar-refractivity contribution is -0.146. The van der Waals surface area contributed by atoms with Crippen LogP contribution in [-0.4, -0.2) is 53.0 Å². The first-order valence-corrected chi connectivity index (χ1v) is 9.88. The van der Waals surface area contributed by atoms with Gasteiger partial charge >= 0.3 is 11.9 Å². The zero-order valence-corrected chi connectivity index (χ0v) is 16.9. The fourth-order valence-electron chi connectivity index (χ4n) is 3.37. The van der Waals surface area contributed by atoms with Crippen LogP contribution in [0.3, 0.4) is 0 Å². The summed E-state index contributed by atoms with van der Waals surface area (Å²) < 4.78 is 4.98. The van der Waals surface area contributed by atoms with Crippen LogP contribution in [0.15, 0.2) is 48.5 Å². The van der Waals surface area contributed by atoms with Gasteiger partial charge in [-0.25, -0.2) is 4.98 Å². The topological polar surface area (TPSA) is 104 Å². The molecule has 0 amide bonds. The average Bonchev–Trinajstić information content (AvgIpc) is 2.75. The molecule has 3 aromatic rings. The molecule has 0 saturated heterocycles. The van der Waals surface area contributed by atoms with E-state index in [2.05, 4.69) is 12.1 Å². The molecule has 0 saturated carbocycles. The molecule has 0 aliphatic rings. The minimum atomic E-state index is -1.05. The minimum absolute atomic E-state index is 0.157. The summed E-state index contributed by atoms with van der Waals surface area (Å²) in [5.74, 6) is -1.47. The van der Waals surface area contributed by atoms with Gasteiger partial charge in [-0.05, 0) is 30.5 Å². The lowest BCUT2D eigenvalue weighted by Crippen LogP contribution is -2.31. The van der Waals surface area contributed by atoms with Gasteiger partial charge in [0.05, 0.1) is 23.9 Å². The second kappa shape index (κ2) is 9.82. The van der Waals surface area contributed by atoms with Crippen molar-refractivity contribution in [1.29, 1.82) is 5.41 Å². The quantitative estimate of drug-likeness (QED) is 0.243. The summed E-state index contributed by atoms with van der Waals surface area (Å²) in [6.45, 7) is 0.479. The van der Waals surface area contributed by atoms with Gasteiger partial charge < -0.3 is 14.7 Å². The summed E-state index contributed by atoms with van der Waals surface area (Å²) in [5, 5.41) is 18.9. The van der Waals surface area contributed by atoms with E-state index in [1.165, 1.54) is 5.56 Å². The maximum absolute atomic E-state index is 11.5. The standard InChI is InChI=1S/C23H25N3O4/c1-26(21(24)15-30-23(29)13-12-22(27)28)14-6-9-16-17-7-2-4-10-19(17)25-20-11-5-3-8-18(16)20/h2-5,7-8,10-11,24H,6,9,12-15H2,1H3,(H,27,28). The molecule has 2 N–H and O–H groups in total. The molecule has 0 atom stereocenters. The van der Waals surface area contributed by atoms with Crippen molar-refractivity contribution in [2.24, 2.45) is 0 Å². The Balaban J connectivity index is 1.59. The number of benzene rings is 2. The molecule has 0 aliphatic carbocycles. The number of carbonyl (C=O) groups is 2. The number of pyridine rings is 1. The number of ether oxygens (including phenoxy) is 1. The Bertz CT molecular complexity index is 1030. The number of nitrogens with one attached hydrogen (secondary N) is 1. The van der Waals surface area contributed by atoms with Gasteiger partial charge in [0.2, 0.25) is 0 Å². The Morgan fingerprint density at radius 3 is 2.23 bits per heavy atom. The van der Waals surface area contributed by atoms with Crippen molar-refractivity contribution in [2.45, 2.75) is 25.7 Å². The van der Waals surface area contributed by atoms with Crippen LogP contribution in [0, 0.1) is 5.41 Å². The van der Waals surface area contributed by atoms with Gasteiger partial charge in [-0.15, -0.1) is 0 Å². The van der Waals surface area contributed by atoms with E-state index in [1.807, 2.05) is 36.4 Å². The first kappa shape index (κ1) is 21.2. The van der Waals surface area contributed by atoms with Crippen molar-refractivity contribution in [3.05, 3.63) is 54.1 Å².